The highest BCUT2D eigenvalue weighted by Crippen LogP contribution is 2.25. The van der Waals surface area contributed by atoms with Crippen molar-refractivity contribution in [2.45, 2.75) is 40.5 Å². The number of rotatable bonds is 4. The van der Waals surface area contributed by atoms with Crippen molar-refractivity contribution in [3.63, 3.8) is 0 Å². The minimum absolute atomic E-state index is 0.0788. The smallest absolute Gasteiger partial charge is 0.223 e. The van der Waals surface area contributed by atoms with Crippen LogP contribution in [-0.4, -0.2) is 42.8 Å². The Morgan fingerprint density at radius 2 is 1.71 bits per heavy atom. The molecule has 1 aliphatic rings. The summed E-state index contributed by atoms with van der Waals surface area (Å²) in [6.07, 6.45) is 0.641. The number of aryl methyl sites for hydroxylation is 1. The Balaban J connectivity index is 1.87. The lowest BCUT2D eigenvalue weighted by Gasteiger charge is -2.37. The van der Waals surface area contributed by atoms with E-state index in [0.717, 1.165) is 23.8 Å². The molecular weight excluding hydrogens is 324 g/mol. The molecular formula is C19H27ClN2O2. The third-order valence-electron chi connectivity index (χ3n) is 4.55. The van der Waals surface area contributed by atoms with Gasteiger partial charge < -0.3 is 9.80 Å². The zero-order valence-corrected chi connectivity index (χ0v) is 15.8. The maximum Gasteiger partial charge on any atom is 0.223 e. The topological polar surface area (TPSA) is 40.6 Å². The molecule has 1 aromatic carbocycles. The van der Waals surface area contributed by atoms with Gasteiger partial charge in [-0.2, -0.15) is 0 Å². The molecule has 132 valence electrons. The molecule has 0 saturated carbocycles. The summed E-state index contributed by atoms with van der Waals surface area (Å²) in [7, 11) is 0. The lowest BCUT2D eigenvalue weighted by molar-refractivity contribution is -0.135. The second-order valence-electron chi connectivity index (χ2n) is 7.47. The van der Waals surface area contributed by atoms with Crippen molar-refractivity contribution in [1.29, 1.82) is 0 Å². The van der Waals surface area contributed by atoms with Crippen LogP contribution in [-0.2, 0) is 9.59 Å². The van der Waals surface area contributed by atoms with Crippen molar-refractivity contribution in [2.75, 3.05) is 31.1 Å². The fourth-order valence-electron chi connectivity index (χ4n) is 2.87. The number of halogens is 1. The maximum absolute atomic E-state index is 12.3. The van der Waals surface area contributed by atoms with E-state index in [1.54, 1.807) is 0 Å². The highest BCUT2D eigenvalue weighted by atomic mass is 35.5. The van der Waals surface area contributed by atoms with Crippen molar-refractivity contribution in [3.05, 3.63) is 28.8 Å². The SMILES string of the molecule is Cc1ccc(Cl)cc1N1CCN(C(=O)CCC(=O)C(C)(C)C)CC1. The van der Waals surface area contributed by atoms with Crippen molar-refractivity contribution in [3.8, 4) is 0 Å². The number of hydrogen-bond donors (Lipinski definition) is 0. The summed E-state index contributed by atoms with van der Waals surface area (Å²) in [6, 6.07) is 5.90. The first-order chi connectivity index (χ1) is 11.2. The number of piperazine rings is 1. The second-order valence-corrected chi connectivity index (χ2v) is 7.91. The zero-order chi connectivity index (χ0) is 17.9. The Morgan fingerprint density at radius 1 is 1.08 bits per heavy atom. The molecule has 1 saturated heterocycles. The molecule has 5 heteroatoms. The third-order valence-corrected chi connectivity index (χ3v) is 4.78. The summed E-state index contributed by atoms with van der Waals surface area (Å²) in [5.41, 5.74) is 1.95. The lowest BCUT2D eigenvalue weighted by atomic mass is 9.88. The van der Waals surface area contributed by atoms with Gasteiger partial charge >= 0.3 is 0 Å². The van der Waals surface area contributed by atoms with E-state index in [2.05, 4.69) is 11.8 Å². The van der Waals surface area contributed by atoms with Gasteiger partial charge in [-0.05, 0) is 24.6 Å². The molecule has 1 aromatic rings. The van der Waals surface area contributed by atoms with Gasteiger partial charge in [-0.25, -0.2) is 0 Å². The number of Topliss-reactive ketones (excluding diaryl/α,β-unsaturated/α-hetero) is 1. The van der Waals surface area contributed by atoms with Crippen LogP contribution in [0.25, 0.3) is 0 Å². The van der Waals surface area contributed by atoms with E-state index in [1.165, 1.54) is 5.56 Å². The monoisotopic (exact) mass is 350 g/mol. The van der Waals surface area contributed by atoms with E-state index in [0.29, 0.717) is 25.9 Å². The normalized spacial score (nSPS) is 15.5. The number of nitrogens with zero attached hydrogens (tertiary/aromatic N) is 2. The molecule has 0 bridgehead atoms. The number of carbonyl (C=O) groups excluding carboxylic acids is 2. The van der Waals surface area contributed by atoms with Gasteiger partial charge in [0.25, 0.3) is 0 Å². The summed E-state index contributed by atoms with van der Waals surface area (Å²) in [6.45, 7) is 10.7. The molecule has 0 spiro atoms. The summed E-state index contributed by atoms with van der Waals surface area (Å²) >= 11 is 6.10. The molecule has 4 nitrogen and oxygen atoms in total. The quantitative estimate of drug-likeness (QED) is 0.831. The summed E-state index contributed by atoms with van der Waals surface area (Å²) in [5.74, 6) is 0.221. The molecule has 1 fully saturated rings. The molecule has 0 N–H and O–H groups in total. The van der Waals surface area contributed by atoms with Gasteiger partial charge in [-0.15, -0.1) is 0 Å². The lowest BCUT2D eigenvalue weighted by Crippen LogP contribution is -2.49. The average Bonchev–Trinajstić information content (AvgIpc) is 2.53. The Hall–Kier alpha value is -1.55. The van der Waals surface area contributed by atoms with Crippen LogP contribution in [0.5, 0.6) is 0 Å². The highest BCUT2D eigenvalue weighted by molar-refractivity contribution is 6.30. The average molecular weight is 351 g/mol. The van der Waals surface area contributed by atoms with Crippen LogP contribution in [0.4, 0.5) is 5.69 Å². The van der Waals surface area contributed by atoms with Crippen molar-refractivity contribution >= 4 is 29.0 Å². The number of carbonyl (C=O) groups is 2. The van der Waals surface area contributed by atoms with Crippen LogP contribution in [0.15, 0.2) is 18.2 Å². The first kappa shape index (κ1) is 18.8. The van der Waals surface area contributed by atoms with Crippen LogP contribution < -0.4 is 4.90 Å². The van der Waals surface area contributed by atoms with Gasteiger partial charge in [0.05, 0.1) is 0 Å². The van der Waals surface area contributed by atoms with Gasteiger partial charge in [0.15, 0.2) is 0 Å². The van der Waals surface area contributed by atoms with E-state index < -0.39 is 0 Å². The number of ketones is 1. The Labute approximate surface area is 149 Å². The van der Waals surface area contributed by atoms with Gasteiger partial charge in [0.2, 0.25) is 5.91 Å². The predicted molar refractivity (Wildman–Crippen MR) is 98.7 cm³/mol. The van der Waals surface area contributed by atoms with Gasteiger partial charge in [0.1, 0.15) is 5.78 Å². The summed E-state index contributed by atoms with van der Waals surface area (Å²) in [4.78, 5) is 28.4. The number of benzene rings is 1. The first-order valence-electron chi connectivity index (χ1n) is 8.50. The Kier molecular flexibility index (Phi) is 5.92. The molecule has 2 rings (SSSR count). The predicted octanol–water partition coefficient (Wildman–Crippen LogP) is 3.69. The third kappa shape index (κ3) is 4.73. The van der Waals surface area contributed by atoms with Crippen LogP contribution in [0.2, 0.25) is 5.02 Å². The fraction of sp³-hybridized carbons (Fsp3) is 0.579. The Bertz CT molecular complexity index is 614. The molecule has 1 amide bonds. The fourth-order valence-corrected chi connectivity index (χ4v) is 3.04. The molecule has 1 aliphatic heterocycles. The van der Waals surface area contributed by atoms with Gasteiger partial charge in [0, 0.05) is 55.1 Å². The van der Waals surface area contributed by atoms with Crippen molar-refractivity contribution in [2.24, 2.45) is 5.41 Å². The van der Waals surface area contributed by atoms with E-state index in [-0.39, 0.29) is 17.1 Å². The van der Waals surface area contributed by atoms with E-state index >= 15 is 0 Å². The first-order valence-corrected chi connectivity index (χ1v) is 8.88. The molecule has 0 atom stereocenters. The molecule has 1 heterocycles. The highest BCUT2D eigenvalue weighted by Gasteiger charge is 2.25. The van der Waals surface area contributed by atoms with Crippen LogP contribution in [0.1, 0.15) is 39.2 Å². The summed E-state index contributed by atoms with van der Waals surface area (Å²) < 4.78 is 0. The number of anilines is 1. The largest absolute Gasteiger partial charge is 0.368 e. The molecule has 24 heavy (non-hydrogen) atoms. The summed E-state index contributed by atoms with van der Waals surface area (Å²) in [5, 5.41) is 0.731. The second kappa shape index (κ2) is 7.56. The van der Waals surface area contributed by atoms with Crippen molar-refractivity contribution in [1.82, 2.24) is 4.90 Å². The minimum atomic E-state index is -0.372. The van der Waals surface area contributed by atoms with Gasteiger partial charge in [-0.3, -0.25) is 9.59 Å². The van der Waals surface area contributed by atoms with Crippen LogP contribution >= 0.6 is 11.6 Å². The molecule has 0 aliphatic carbocycles. The number of hydrogen-bond acceptors (Lipinski definition) is 3. The van der Waals surface area contributed by atoms with E-state index in [4.69, 9.17) is 11.6 Å². The minimum Gasteiger partial charge on any atom is -0.368 e. The van der Waals surface area contributed by atoms with E-state index in [9.17, 15) is 9.59 Å². The standard InChI is InChI=1S/C19H27ClN2O2/c1-14-5-6-15(20)13-16(14)21-9-11-22(12-10-21)18(24)8-7-17(23)19(2,3)4/h5-6,13H,7-12H2,1-4H3. The molecule has 0 radical (unpaired) electrons. The molecule has 0 aromatic heterocycles. The van der Waals surface area contributed by atoms with Crippen molar-refractivity contribution < 1.29 is 9.59 Å². The Morgan fingerprint density at radius 3 is 2.29 bits per heavy atom. The zero-order valence-electron chi connectivity index (χ0n) is 15.1. The van der Waals surface area contributed by atoms with Gasteiger partial charge in [-0.1, -0.05) is 38.4 Å². The van der Waals surface area contributed by atoms with Crippen LogP contribution in [0, 0.1) is 12.3 Å². The molecule has 0 unspecified atom stereocenters. The number of amides is 1. The van der Waals surface area contributed by atoms with Crippen LogP contribution in [0.3, 0.4) is 0 Å². The maximum atomic E-state index is 12.3. The van der Waals surface area contributed by atoms with E-state index in [1.807, 2.05) is 43.9 Å².